The van der Waals surface area contributed by atoms with Crippen molar-refractivity contribution in [3.8, 4) is 0 Å². The molecule has 0 saturated carbocycles. The number of thioether (sulfide) groups is 1. The van der Waals surface area contributed by atoms with Crippen molar-refractivity contribution in [2.75, 3.05) is 6.26 Å². The Hall–Kier alpha value is -1.74. The molecule has 0 aromatic heterocycles. The summed E-state index contributed by atoms with van der Waals surface area (Å²) in [5, 5.41) is 4.57. The highest BCUT2D eigenvalue weighted by Gasteiger charge is 2.30. The summed E-state index contributed by atoms with van der Waals surface area (Å²) in [6.07, 6.45) is 2.07. The summed E-state index contributed by atoms with van der Waals surface area (Å²) in [4.78, 5) is 4.86. The Morgan fingerprint density at radius 2 is 1.38 bits per heavy atom. The first-order valence-corrected chi connectivity index (χ1v) is 8.41. The summed E-state index contributed by atoms with van der Waals surface area (Å²) in [6, 6.07) is 17.8. The van der Waals surface area contributed by atoms with E-state index in [1.807, 2.05) is 0 Å². The molecule has 0 aliphatic carbocycles. The Labute approximate surface area is 130 Å². The third-order valence-electron chi connectivity index (χ3n) is 3.90. The van der Waals surface area contributed by atoms with E-state index in [0.717, 1.165) is 5.17 Å². The monoisotopic (exact) mass is 296 g/mol. The molecular weight excluding hydrogens is 276 g/mol. The van der Waals surface area contributed by atoms with Gasteiger partial charge in [-0.25, -0.2) is 0 Å². The zero-order chi connectivity index (χ0) is 14.8. The number of amidine groups is 1. The van der Waals surface area contributed by atoms with Crippen molar-refractivity contribution in [3.63, 3.8) is 0 Å². The minimum Gasteiger partial charge on any atom is -0.356 e. The van der Waals surface area contributed by atoms with Crippen LogP contribution in [0, 0.1) is 13.8 Å². The van der Waals surface area contributed by atoms with Gasteiger partial charge >= 0.3 is 0 Å². The minimum atomic E-state index is 0.149. The maximum atomic E-state index is 4.86. The van der Waals surface area contributed by atoms with Crippen molar-refractivity contribution in [1.29, 1.82) is 0 Å². The summed E-state index contributed by atoms with van der Waals surface area (Å²) in [7, 11) is 0. The Morgan fingerprint density at radius 1 is 0.857 bits per heavy atom. The molecule has 1 heterocycles. The van der Waals surface area contributed by atoms with Crippen molar-refractivity contribution < 1.29 is 0 Å². The fourth-order valence-electron chi connectivity index (χ4n) is 2.63. The molecule has 1 N–H and O–H groups in total. The van der Waals surface area contributed by atoms with Crippen LogP contribution in [0.25, 0.3) is 0 Å². The van der Waals surface area contributed by atoms with Gasteiger partial charge in [0.25, 0.3) is 0 Å². The highest BCUT2D eigenvalue weighted by molar-refractivity contribution is 8.13. The van der Waals surface area contributed by atoms with Crippen LogP contribution in [0.5, 0.6) is 0 Å². The lowest BCUT2D eigenvalue weighted by Crippen LogP contribution is -2.22. The van der Waals surface area contributed by atoms with Crippen LogP contribution in [0.3, 0.4) is 0 Å². The molecule has 2 unspecified atom stereocenters. The van der Waals surface area contributed by atoms with Gasteiger partial charge in [0.15, 0.2) is 5.17 Å². The van der Waals surface area contributed by atoms with Crippen molar-refractivity contribution in [3.05, 3.63) is 70.8 Å². The van der Waals surface area contributed by atoms with Crippen LogP contribution in [-0.4, -0.2) is 11.4 Å². The summed E-state index contributed by atoms with van der Waals surface area (Å²) in [5.41, 5.74) is 5.13. The van der Waals surface area contributed by atoms with Gasteiger partial charge in [-0.15, -0.1) is 0 Å². The van der Waals surface area contributed by atoms with Gasteiger partial charge in [-0.3, -0.25) is 4.99 Å². The van der Waals surface area contributed by atoms with Crippen molar-refractivity contribution in [2.45, 2.75) is 25.9 Å². The lowest BCUT2D eigenvalue weighted by molar-refractivity contribution is 0.573. The second-order valence-corrected chi connectivity index (χ2v) is 6.32. The van der Waals surface area contributed by atoms with Gasteiger partial charge < -0.3 is 5.32 Å². The maximum Gasteiger partial charge on any atom is 0.157 e. The number of aliphatic imine (C=N–C) groups is 1. The molecule has 0 fully saturated rings. The molecule has 2 atom stereocenters. The Balaban J connectivity index is 1.95. The average molecular weight is 296 g/mol. The summed E-state index contributed by atoms with van der Waals surface area (Å²) < 4.78 is 0. The molecule has 108 valence electrons. The van der Waals surface area contributed by atoms with Crippen LogP contribution in [0.15, 0.2) is 53.5 Å². The molecule has 2 aromatic carbocycles. The maximum absolute atomic E-state index is 4.86. The molecule has 0 spiro atoms. The van der Waals surface area contributed by atoms with Crippen LogP contribution in [-0.2, 0) is 0 Å². The van der Waals surface area contributed by atoms with Gasteiger partial charge in [0.2, 0.25) is 0 Å². The second kappa shape index (κ2) is 5.94. The summed E-state index contributed by atoms with van der Waals surface area (Å²) in [6.45, 7) is 4.23. The molecule has 21 heavy (non-hydrogen) atoms. The van der Waals surface area contributed by atoms with Crippen molar-refractivity contribution in [1.82, 2.24) is 5.32 Å². The number of benzene rings is 2. The van der Waals surface area contributed by atoms with E-state index in [9.17, 15) is 0 Å². The van der Waals surface area contributed by atoms with E-state index in [0.29, 0.717) is 0 Å². The number of hydrogen-bond acceptors (Lipinski definition) is 3. The van der Waals surface area contributed by atoms with Crippen molar-refractivity contribution in [2.24, 2.45) is 4.99 Å². The summed E-state index contributed by atoms with van der Waals surface area (Å²) in [5.74, 6) is 0. The predicted molar refractivity (Wildman–Crippen MR) is 91.9 cm³/mol. The number of nitrogens with zero attached hydrogens (tertiary/aromatic N) is 1. The molecule has 2 aromatic rings. The molecule has 0 amide bonds. The van der Waals surface area contributed by atoms with Gasteiger partial charge in [0.1, 0.15) is 6.04 Å². The molecule has 2 nitrogen and oxygen atoms in total. The smallest absolute Gasteiger partial charge is 0.157 e. The first-order chi connectivity index (χ1) is 10.2. The van der Waals surface area contributed by atoms with Gasteiger partial charge in [0.05, 0.1) is 6.04 Å². The fourth-order valence-corrected chi connectivity index (χ4v) is 3.10. The second-order valence-electron chi connectivity index (χ2n) is 5.53. The minimum absolute atomic E-state index is 0.149. The average Bonchev–Trinajstić information content (AvgIpc) is 2.93. The van der Waals surface area contributed by atoms with Crippen LogP contribution in [0.4, 0.5) is 0 Å². The van der Waals surface area contributed by atoms with Gasteiger partial charge in [-0.2, -0.15) is 0 Å². The summed E-state index contributed by atoms with van der Waals surface area (Å²) >= 11 is 1.67. The molecular formula is C18H20N2S. The highest BCUT2D eigenvalue weighted by atomic mass is 32.2. The van der Waals surface area contributed by atoms with E-state index < -0.39 is 0 Å². The van der Waals surface area contributed by atoms with E-state index in [-0.39, 0.29) is 12.1 Å². The Bertz CT molecular complexity index is 644. The number of hydrogen-bond donors (Lipinski definition) is 1. The number of nitrogens with one attached hydrogen (secondary N) is 1. The first-order valence-electron chi connectivity index (χ1n) is 7.19. The quantitative estimate of drug-likeness (QED) is 0.888. The van der Waals surface area contributed by atoms with Crippen molar-refractivity contribution >= 4 is 16.9 Å². The molecule has 0 saturated heterocycles. The van der Waals surface area contributed by atoms with Gasteiger partial charge in [0, 0.05) is 0 Å². The lowest BCUT2D eigenvalue weighted by atomic mass is 9.94. The SMILES string of the molecule is CSC1=NC(c2ccc(C)cc2)C(c2ccc(C)cc2)N1. The first kappa shape index (κ1) is 14.2. The molecule has 0 radical (unpaired) electrons. The van der Waals surface area contributed by atoms with E-state index >= 15 is 0 Å². The normalized spacial score (nSPS) is 21.0. The molecule has 0 bridgehead atoms. The topological polar surface area (TPSA) is 24.4 Å². The van der Waals surface area contributed by atoms with Crippen LogP contribution in [0.1, 0.15) is 34.3 Å². The molecule has 1 aliphatic rings. The standard InChI is InChI=1S/C18H20N2S/c1-12-4-8-14(9-5-12)16-17(20-18(19-16)21-3)15-10-6-13(2)7-11-15/h4-11,16-17H,1-3H3,(H,19,20). The van der Waals surface area contributed by atoms with E-state index in [2.05, 4.69) is 74.0 Å². The third-order valence-corrected chi connectivity index (χ3v) is 4.51. The molecule has 3 heteroatoms. The number of aryl methyl sites for hydroxylation is 2. The van der Waals surface area contributed by atoms with Crippen LogP contribution in [0.2, 0.25) is 0 Å². The van der Waals surface area contributed by atoms with Gasteiger partial charge in [-0.1, -0.05) is 71.4 Å². The van der Waals surface area contributed by atoms with Crippen LogP contribution >= 0.6 is 11.8 Å². The Morgan fingerprint density at radius 3 is 1.90 bits per heavy atom. The lowest BCUT2D eigenvalue weighted by Gasteiger charge is -2.20. The molecule has 1 aliphatic heterocycles. The Kier molecular flexibility index (Phi) is 4.02. The predicted octanol–water partition coefficient (Wildman–Crippen LogP) is 4.41. The van der Waals surface area contributed by atoms with E-state index in [1.165, 1.54) is 22.3 Å². The molecule has 3 rings (SSSR count). The highest BCUT2D eigenvalue weighted by Crippen LogP contribution is 2.37. The zero-order valence-corrected chi connectivity index (χ0v) is 13.4. The fraction of sp³-hybridized carbons (Fsp3) is 0.278. The zero-order valence-electron chi connectivity index (χ0n) is 12.6. The van der Waals surface area contributed by atoms with Gasteiger partial charge in [-0.05, 0) is 31.2 Å². The van der Waals surface area contributed by atoms with Crippen LogP contribution < -0.4 is 5.32 Å². The van der Waals surface area contributed by atoms with E-state index in [4.69, 9.17) is 4.99 Å². The third kappa shape index (κ3) is 2.98. The number of rotatable bonds is 2. The van der Waals surface area contributed by atoms with E-state index in [1.54, 1.807) is 11.8 Å². The largest absolute Gasteiger partial charge is 0.356 e.